The molecule has 0 atom stereocenters. The van der Waals surface area contributed by atoms with Crippen molar-refractivity contribution in [2.75, 3.05) is 18.4 Å². The molecule has 5 nitrogen and oxygen atoms in total. The first kappa shape index (κ1) is 12.8. The summed E-state index contributed by atoms with van der Waals surface area (Å²) in [5, 5.41) is 3.33. The van der Waals surface area contributed by atoms with Gasteiger partial charge in [-0.25, -0.2) is 0 Å². The van der Waals surface area contributed by atoms with Crippen LogP contribution in [-0.4, -0.2) is 34.6 Å². The summed E-state index contributed by atoms with van der Waals surface area (Å²) < 4.78 is 0. The van der Waals surface area contributed by atoms with Gasteiger partial charge in [-0.05, 0) is 24.3 Å². The molecule has 22 heavy (non-hydrogen) atoms. The van der Waals surface area contributed by atoms with Gasteiger partial charge in [-0.1, -0.05) is 12.1 Å². The van der Waals surface area contributed by atoms with Gasteiger partial charge in [0, 0.05) is 36.1 Å². The minimum absolute atomic E-state index is 0.0683. The van der Waals surface area contributed by atoms with Gasteiger partial charge in [0.25, 0.3) is 0 Å². The van der Waals surface area contributed by atoms with Crippen molar-refractivity contribution in [1.29, 1.82) is 0 Å². The molecule has 2 aliphatic heterocycles. The van der Waals surface area contributed by atoms with Gasteiger partial charge in [0.05, 0.1) is 12.2 Å². The number of allylic oxidation sites excluding steroid dienone is 1. The first-order valence-electron chi connectivity index (χ1n) is 7.17. The van der Waals surface area contributed by atoms with E-state index in [4.69, 9.17) is 0 Å². The van der Waals surface area contributed by atoms with Crippen LogP contribution in [0.15, 0.2) is 65.7 Å². The van der Waals surface area contributed by atoms with Gasteiger partial charge in [-0.2, -0.15) is 0 Å². The van der Waals surface area contributed by atoms with E-state index in [2.05, 4.69) is 20.2 Å². The van der Waals surface area contributed by atoms with E-state index in [0.717, 1.165) is 36.0 Å². The third-order valence-corrected chi connectivity index (χ3v) is 3.78. The Bertz CT molecular complexity index is 795. The molecular weight excluding hydrogens is 276 g/mol. The Morgan fingerprint density at radius 2 is 2.14 bits per heavy atom. The van der Waals surface area contributed by atoms with Crippen molar-refractivity contribution < 1.29 is 4.79 Å². The number of aliphatic imine (C=N–C) groups is 1. The number of amidine groups is 1. The predicted octanol–water partition coefficient (Wildman–Crippen LogP) is 2.29. The summed E-state index contributed by atoms with van der Waals surface area (Å²) in [6, 6.07) is 11.5. The number of aromatic nitrogens is 1. The van der Waals surface area contributed by atoms with Crippen LogP contribution < -0.4 is 5.32 Å². The summed E-state index contributed by atoms with van der Waals surface area (Å²) in [7, 11) is 0. The van der Waals surface area contributed by atoms with Gasteiger partial charge in [-0.3, -0.25) is 14.8 Å². The largest absolute Gasteiger partial charge is 0.341 e. The lowest BCUT2D eigenvalue weighted by Gasteiger charge is -2.31. The molecule has 1 N–H and O–H groups in total. The molecule has 0 radical (unpaired) electrons. The number of benzene rings is 1. The Labute approximate surface area is 128 Å². The smallest absolute Gasteiger partial charge is 0.191 e. The summed E-state index contributed by atoms with van der Waals surface area (Å²) in [6.07, 6.45) is 4.85. The molecule has 0 saturated carbocycles. The third-order valence-electron chi connectivity index (χ3n) is 3.78. The van der Waals surface area contributed by atoms with Crippen LogP contribution >= 0.6 is 0 Å². The highest BCUT2D eigenvalue weighted by Gasteiger charge is 2.29. The fraction of sp³-hybridized carbons (Fsp3) is 0.118. The molecule has 1 aromatic heterocycles. The fourth-order valence-electron chi connectivity index (χ4n) is 2.73. The number of anilines is 1. The number of ketones is 1. The second kappa shape index (κ2) is 5.11. The van der Waals surface area contributed by atoms with Crippen LogP contribution in [-0.2, 0) is 0 Å². The van der Waals surface area contributed by atoms with Gasteiger partial charge in [0.15, 0.2) is 5.78 Å². The molecule has 3 heterocycles. The summed E-state index contributed by atoms with van der Waals surface area (Å²) in [5.74, 6) is 1.63. The van der Waals surface area contributed by atoms with E-state index in [0.29, 0.717) is 5.56 Å². The number of hydrogen-bond donors (Lipinski definition) is 1. The topological polar surface area (TPSA) is 57.6 Å². The Balaban J connectivity index is 1.73. The number of carbonyl (C=O) groups excluding carboxylic acids is 1. The molecule has 0 aliphatic carbocycles. The van der Waals surface area contributed by atoms with Crippen molar-refractivity contribution in [3.8, 4) is 0 Å². The van der Waals surface area contributed by atoms with Crippen LogP contribution in [0.2, 0.25) is 0 Å². The summed E-state index contributed by atoms with van der Waals surface area (Å²) in [6.45, 7) is 1.52. The molecule has 4 rings (SSSR count). The maximum atomic E-state index is 12.4. The van der Waals surface area contributed by atoms with E-state index < -0.39 is 0 Å². The van der Waals surface area contributed by atoms with E-state index >= 15 is 0 Å². The van der Waals surface area contributed by atoms with Crippen molar-refractivity contribution in [2.24, 2.45) is 4.99 Å². The molecule has 0 unspecified atom stereocenters. The van der Waals surface area contributed by atoms with Crippen LogP contribution in [0.1, 0.15) is 15.9 Å². The van der Waals surface area contributed by atoms with Gasteiger partial charge in [-0.15, -0.1) is 0 Å². The predicted molar refractivity (Wildman–Crippen MR) is 84.8 cm³/mol. The number of nitrogens with zero attached hydrogens (tertiary/aromatic N) is 3. The van der Waals surface area contributed by atoms with E-state index in [1.807, 2.05) is 24.3 Å². The molecule has 1 aromatic carbocycles. The number of rotatable bonds is 2. The third kappa shape index (κ3) is 2.07. The number of fused-ring (bicyclic) bond motifs is 3. The molecule has 2 aliphatic rings. The minimum Gasteiger partial charge on any atom is -0.341 e. The SMILES string of the molecule is O=C(/C=C1\Nc2ccccc2C2=NCCN21)c1cccnc1. The van der Waals surface area contributed by atoms with Crippen molar-refractivity contribution in [3.63, 3.8) is 0 Å². The average Bonchev–Trinajstić information content (AvgIpc) is 3.06. The molecule has 0 amide bonds. The Kier molecular flexibility index (Phi) is 2.96. The molecule has 2 aromatic rings. The van der Waals surface area contributed by atoms with Gasteiger partial charge < -0.3 is 10.2 Å². The second-order valence-electron chi connectivity index (χ2n) is 5.16. The van der Waals surface area contributed by atoms with Gasteiger partial charge >= 0.3 is 0 Å². The fourth-order valence-corrected chi connectivity index (χ4v) is 2.73. The van der Waals surface area contributed by atoms with Crippen molar-refractivity contribution >= 4 is 17.3 Å². The second-order valence-corrected chi connectivity index (χ2v) is 5.16. The molecule has 0 bridgehead atoms. The summed E-state index contributed by atoms with van der Waals surface area (Å²) in [5.41, 5.74) is 2.63. The first-order valence-corrected chi connectivity index (χ1v) is 7.17. The monoisotopic (exact) mass is 290 g/mol. The van der Waals surface area contributed by atoms with Crippen LogP contribution in [0.5, 0.6) is 0 Å². The molecule has 5 heteroatoms. The number of nitrogens with one attached hydrogen (secondary N) is 1. The van der Waals surface area contributed by atoms with Crippen molar-refractivity contribution in [1.82, 2.24) is 9.88 Å². The Morgan fingerprint density at radius 1 is 1.23 bits per heavy atom. The molecule has 0 fully saturated rings. The van der Waals surface area contributed by atoms with Gasteiger partial charge in [0.1, 0.15) is 11.7 Å². The van der Waals surface area contributed by atoms with E-state index in [-0.39, 0.29) is 5.78 Å². The molecular formula is C17H14N4O. The molecule has 0 spiro atoms. The zero-order chi connectivity index (χ0) is 14.9. The Hall–Kier alpha value is -2.95. The van der Waals surface area contributed by atoms with Crippen molar-refractivity contribution in [2.45, 2.75) is 0 Å². The maximum Gasteiger partial charge on any atom is 0.191 e. The number of pyridine rings is 1. The molecule has 108 valence electrons. The van der Waals surface area contributed by atoms with E-state index in [1.54, 1.807) is 30.6 Å². The average molecular weight is 290 g/mol. The number of hydrogen-bond acceptors (Lipinski definition) is 5. The van der Waals surface area contributed by atoms with E-state index in [9.17, 15) is 4.79 Å². The van der Waals surface area contributed by atoms with Gasteiger partial charge in [0.2, 0.25) is 0 Å². The lowest BCUT2D eigenvalue weighted by atomic mass is 10.1. The van der Waals surface area contributed by atoms with E-state index in [1.165, 1.54) is 0 Å². The van der Waals surface area contributed by atoms with Crippen molar-refractivity contribution in [3.05, 3.63) is 71.8 Å². The lowest BCUT2D eigenvalue weighted by molar-refractivity contribution is 0.104. The number of carbonyl (C=O) groups is 1. The Morgan fingerprint density at radius 3 is 3.00 bits per heavy atom. The highest BCUT2D eigenvalue weighted by molar-refractivity contribution is 6.10. The lowest BCUT2D eigenvalue weighted by Crippen LogP contribution is -2.36. The number of para-hydroxylation sites is 1. The zero-order valence-corrected chi connectivity index (χ0v) is 11.9. The van der Waals surface area contributed by atoms with Crippen LogP contribution in [0, 0.1) is 0 Å². The maximum absolute atomic E-state index is 12.4. The summed E-state index contributed by atoms with van der Waals surface area (Å²) >= 11 is 0. The highest BCUT2D eigenvalue weighted by atomic mass is 16.1. The van der Waals surface area contributed by atoms with Crippen LogP contribution in [0.3, 0.4) is 0 Å². The van der Waals surface area contributed by atoms with Crippen LogP contribution in [0.25, 0.3) is 0 Å². The standard InChI is InChI=1S/C17H14N4O/c22-15(12-4-3-7-18-11-12)10-16-20-14-6-2-1-5-13(14)17-19-8-9-21(16)17/h1-7,10-11,20H,8-9H2/b16-10+. The summed E-state index contributed by atoms with van der Waals surface area (Å²) in [4.78, 5) is 23.0. The zero-order valence-electron chi connectivity index (χ0n) is 11.9. The first-order chi connectivity index (χ1) is 10.8. The molecule has 0 saturated heterocycles. The van der Waals surface area contributed by atoms with Crippen LogP contribution in [0.4, 0.5) is 5.69 Å². The minimum atomic E-state index is -0.0683. The highest BCUT2D eigenvalue weighted by Crippen LogP contribution is 2.29. The normalized spacial score (nSPS) is 17.5. The quantitative estimate of drug-likeness (QED) is 0.681.